The van der Waals surface area contributed by atoms with Crippen molar-refractivity contribution in [2.45, 2.75) is 71.3 Å². The number of alkyl halides is 9. The molecule has 0 fully saturated rings. The van der Waals surface area contributed by atoms with Gasteiger partial charge in [-0.3, -0.25) is 0 Å². The summed E-state index contributed by atoms with van der Waals surface area (Å²) in [6.07, 6.45) is -2.75. The third-order valence-corrected chi connectivity index (χ3v) is 6.71. The third kappa shape index (κ3) is 16.6. The Morgan fingerprint density at radius 3 is 1.67 bits per heavy atom. The van der Waals surface area contributed by atoms with Crippen LogP contribution in [-0.2, 0) is 43.2 Å². The quantitative estimate of drug-likeness (QED) is 0.0192. The Labute approximate surface area is 325 Å². The normalized spacial score (nSPS) is 11.5. The van der Waals surface area contributed by atoms with Gasteiger partial charge in [0.25, 0.3) is 0 Å². The number of methoxy groups -OCH3 is 2. The van der Waals surface area contributed by atoms with Crippen LogP contribution >= 0.6 is 0 Å². The van der Waals surface area contributed by atoms with Gasteiger partial charge in [-0.05, 0) is 62.1 Å². The van der Waals surface area contributed by atoms with Gasteiger partial charge in [0.15, 0.2) is 5.84 Å². The van der Waals surface area contributed by atoms with E-state index in [4.69, 9.17) is 42.7 Å². The maximum absolute atomic E-state index is 12.6. The molecule has 0 aliphatic carbocycles. The standard InChI is InChI=1S/C17H17F3N2O3.C15H20N2O3.C4F6O3/c1-4-5-6-7-24-14-11(2)8-12(9-13(14)10-23-3)15-21-16(25-22-15)17(18,19)20;1-4-5-6-7-20-14-11(2)8-12(15(16)17-18)9-13(14)10-19-3;5-3(6,7)1(11)13-2(12)4(8,9)10/h1,8-9H,5-7,10H2,2-3H3;1,8-9,18H,5-7,10H2,2-3H3,(H2,16,17);. The number of oxime groups is 1. The van der Waals surface area contributed by atoms with E-state index in [0.717, 1.165) is 28.9 Å². The second kappa shape index (κ2) is 23.3. The third-order valence-electron chi connectivity index (χ3n) is 6.71. The Kier molecular flexibility index (Phi) is 20.1. The zero-order chi connectivity index (χ0) is 44.3. The number of unbranched alkanes of at least 4 members (excludes halogenated alkanes) is 2. The van der Waals surface area contributed by atoms with Crippen molar-refractivity contribution in [3.63, 3.8) is 0 Å². The molecule has 0 amide bonds. The Morgan fingerprint density at radius 2 is 1.28 bits per heavy atom. The number of ether oxygens (including phenoxy) is 5. The predicted octanol–water partition coefficient (Wildman–Crippen LogP) is 7.21. The van der Waals surface area contributed by atoms with E-state index in [2.05, 4.69) is 36.4 Å². The molecule has 0 aliphatic rings. The van der Waals surface area contributed by atoms with Crippen molar-refractivity contribution >= 4 is 17.8 Å². The van der Waals surface area contributed by atoms with E-state index in [1.165, 1.54) is 7.11 Å². The number of nitrogens with zero attached hydrogens (tertiary/aromatic N) is 3. The molecule has 0 unspecified atom stereocenters. The van der Waals surface area contributed by atoms with Crippen LogP contribution in [0.3, 0.4) is 0 Å². The molecule has 318 valence electrons. The van der Waals surface area contributed by atoms with Crippen LogP contribution in [0.4, 0.5) is 39.5 Å². The number of rotatable bonds is 14. The first-order valence-electron chi connectivity index (χ1n) is 16.2. The first kappa shape index (κ1) is 50.0. The number of carbonyl (C=O) groups excluding carboxylic acids is 2. The summed E-state index contributed by atoms with van der Waals surface area (Å²) in [5.74, 6) is -1.39. The van der Waals surface area contributed by atoms with Gasteiger partial charge in [0, 0.05) is 49.3 Å². The molecular weight excluding hydrogens is 803 g/mol. The van der Waals surface area contributed by atoms with Gasteiger partial charge in [-0.1, -0.05) is 10.3 Å². The first-order valence-corrected chi connectivity index (χ1v) is 16.2. The summed E-state index contributed by atoms with van der Waals surface area (Å²) in [6.45, 7) is 5.28. The van der Waals surface area contributed by atoms with Crippen molar-refractivity contribution < 1.29 is 82.5 Å². The van der Waals surface area contributed by atoms with Crippen LogP contribution in [0.25, 0.3) is 11.4 Å². The summed E-state index contributed by atoms with van der Waals surface area (Å²) in [4.78, 5) is 22.7. The minimum absolute atomic E-state index is 0.0596. The molecule has 2 aromatic carbocycles. The molecule has 3 N–H and O–H groups in total. The average molecular weight is 841 g/mol. The van der Waals surface area contributed by atoms with Gasteiger partial charge >= 0.3 is 36.4 Å². The molecule has 22 heteroatoms. The molecule has 3 aromatic rings. The van der Waals surface area contributed by atoms with Gasteiger partial charge in [-0.15, -0.1) is 24.7 Å². The van der Waals surface area contributed by atoms with E-state index in [0.29, 0.717) is 61.5 Å². The molecule has 58 heavy (non-hydrogen) atoms. The van der Waals surface area contributed by atoms with Crippen LogP contribution in [-0.4, -0.2) is 72.9 Å². The predicted molar refractivity (Wildman–Crippen MR) is 185 cm³/mol. The first-order chi connectivity index (χ1) is 27.0. The van der Waals surface area contributed by atoms with Gasteiger partial charge in [-0.2, -0.15) is 44.5 Å². The largest absolute Gasteiger partial charge is 0.493 e. The summed E-state index contributed by atoms with van der Waals surface area (Å²) in [7, 11) is 3.12. The highest BCUT2D eigenvalue weighted by atomic mass is 19.4. The fourth-order valence-corrected chi connectivity index (χ4v) is 4.32. The number of halogens is 9. The number of hydrogen-bond acceptors (Lipinski definition) is 12. The highest BCUT2D eigenvalue weighted by Crippen LogP contribution is 2.33. The van der Waals surface area contributed by atoms with Crippen molar-refractivity contribution in [1.29, 1.82) is 0 Å². The molecule has 0 atom stereocenters. The van der Waals surface area contributed by atoms with Crippen LogP contribution in [0.1, 0.15) is 59.4 Å². The van der Waals surface area contributed by atoms with Crippen LogP contribution < -0.4 is 15.2 Å². The Balaban J connectivity index is 0.000000458. The molecule has 0 bridgehead atoms. The zero-order valence-electron chi connectivity index (χ0n) is 31.2. The lowest BCUT2D eigenvalue weighted by Crippen LogP contribution is -2.34. The number of terminal acetylenes is 2. The topological polar surface area (TPSA) is 178 Å². The molecular formula is C36H37F9N4O9. The maximum atomic E-state index is 12.6. The lowest BCUT2D eigenvalue weighted by Gasteiger charge is -2.15. The van der Waals surface area contributed by atoms with Gasteiger partial charge in [0.05, 0.1) is 26.4 Å². The minimum atomic E-state index is -5.62. The maximum Gasteiger partial charge on any atom is 0.491 e. The number of amidine groups is 1. The molecule has 0 saturated carbocycles. The highest BCUT2D eigenvalue weighted by Gasteiger charge is 2.49. The number of aryl methyl sites for hydroxylation is 2. The van der Waals surface area contributed by atoms with Crippen molar-refractivity contribution in [3.05, 3.63) is 58.0 Å². The number of aromatic nitrogens is 2. The molecule has 0 radical (unpaired) electrons. The number of benzene rings is 2. The van der Waals surface area contributed by atoms with E-state index < -0.39 is 36.4 Å². The summed E-state index contributed by atoms with van der Waals surface area (Å²) >= 11 is 0. The van der Waals surface area contributed by atoms with Crippen molar-refractivity contribution in [1.82, 2.24) is 10.1 Å². The summed E-state index contributed by atoms with van der Waals surface area (Å²) < 4.78 is 134. The van der Waals surface area contributed by atoms with Crippen LogP contribution in [0.15, 0.2) is 33.9 Å². The number of carbonyl (C=O) groups is 2. The number of hydrogen-bond donors (Lipinski definition) is 2. The SMILES string of the molecule is C#CCCCOc1c(C)cc(-c2noc(C(F)(F)F)n2)cc1COC.C#CCCCOc1c(C)cc(/C(N)=N/O)cc1COC.O=C(OC(=O)C(F)(F)F)C(F)(F)F. The Morgan fingerprint density at radius 1 is 0.810 bits per heavy atom. The lowest BCUT2D eigenvalue weighted by atomic mass is 10.0. The van der Waals surface area contributed by atoms with E-state index in [1.807, 2.05) is 13.0 Å². The summed E-state index contributed by atoms with van der Waals surface area (Å²) in [6, 6.07) is 6.87. The lowest BCUT2D eigenvalue weighted by molar-refractivity contribution is -0.221. The van der Waals surface area contributed by atoms with Crippen LogP contribution in [0.5, 0.6) is 11.5 Å². The van der Waals surface area contributed by atoms with E-state index >= 15 is 0 Å². The molecule has 1 aromatic heterocycles. The fraction of sp³-hybridized carbons (Fsp3) is 0.417. The molecule has 0 spiro atoms. The van der Waals surface area contributed by atoms with Gasteiger partial charge < -0.3 is 39.1 Å². The van der Waals surface area contributed by atoms with E-state index in [9.17, 15) is 49.1 Å². The zero-order valence-corrected chi connectivity index (χ0v) is 31.2. The summed E-state index contributed by atoms with van der Waals surface area (Å²) in [5.41, 5.74) is 9.80. The van der Waals surface area contributed by atoms with Crippen LogP contribution in [0.2, 0.25) is 0 Å². The second-order valence-electron chi connectivity index (χ2n) is 11.3. The summed E-state index contributed by atoms with van der Waals surface area (Å²) in [5, 5.41) is 15.2. The van der Waals surface area contributed by atoms with Gasteiger partial charge in [-0.25, -0.2) is 9.59 Å². The number of esters is 2. The fourth-order valence-electron chi connectivity index (χ4n) is 4.32. The second-order valence-corrected chi connectivity index (χ2v) is 11.3. The van der Waals surface area contributed by atoms with E-state index in [-0.39, 0.29) is 18.3 Å². The van der Waals surface area contributed by atoms with Crippen LogP contribution in [0, 0.1) is 38.5 Å². The molecule has 1 heterocycles. The molecule has 3 rings (SSSR count). The number of nitrogens with two attached hydrogens (primary N) is 1. The molecule has 0 aliphatic heterocycles. The smallest absolute Gasteiger partial charge is 0.491 e. The Bertz CT molecular complexity index is 1910. The van der Waals surface area contributed by atoms with Crippen molar-refractivity contribution in [2.75, 3.05) is 27.4 Å². The van der Waals surface area contributed by atoms with E-state index in [1.54, 1.807) is 32.2 Å². The van der Waals surface area contributed by atoms with Gasteiger partial charge in [0.2, 0.25) is 5.82 Å². The van der Waals surface area contributed by atoms with Gasteiger partial charge in [0.1, 0.15) is 11.5 Å². The molecule has 13 nitrogen and oxygen atoms in total. The van der Waals surface area contributed by atoms with Crippen molar-refractivity contribution in [2.24, 2.45) is 10.9 Å². The monoisotopic (exact) mass is 840 g/mol. The minimum Gasteiger partial charge on any atom is -0.493 e. The van der Waals surface area contributed by atoms with Crippen molar-refractivity contribution in [3.8, 4) is 47.6 Å². The highest BCUT2D eigenvalue weighted by molar-refractivity contribution is 5.97. The average Bonchev–Trinajstić information content (AvgIpc) is 3.65. The molecule has 0 saturated heterocycles. The Hall–Kier alpha value is -6.00.